The van der Waals surface area contributed by atoms with E-state index in [2.05, 4.69) is 46.5 Å². The van der Waals surface area contributed by atoms with Crippen LogP contribution in [0.4, 0.5) is 15.9 Å². The smallest absolute Gasteiger partial charge is 0.170 e. The highest BCUT2D eigenvalue weighted by atomic mass is 32.1. The quantitative estimate of drug-likeness (QED) is 0.551. The molecule has 4 rings (SSSR count). The van der Waals surface area contributed by atoms with E-state index in [1.807, 2.05) is 18.3 Å². The summed E-state index contributed by atoms with van der Waals surface area (Å²) in [5.74, 6) is 2.24. The number of rotatable bonds is 5. The second-order valence-corrected chi connectivity index (χ2v) is 10.3. The van der Waals surface area contributed by atoms with Crippen molar-refractivity contribution in [3.8, 4) is 0 Å². The fourth-order valence-electron chi connectivity index (χ4n) is 5.52. The molecule has 1 saturated carbocycles. The van der Waals surface area contributed by atoms with Gasteiger partial charge in [0.05, 0.1) is 11.9 Å². The normalized spacial score (nSPS) is 22.9. The molecule has 0 radical (unpaired) electrons. The molecule has 2 N–H and O–H groups in total. The van der Waals surface area contributed by atoms with E-state index in [0.717, 1.165) is 44.0 Å². The van der Waals surface area contributed by atoms with Crippen LogP contribution in [0, 0.1) is 17.7 Å². The van der Waals surface area contributed by atoms with Gasteiger partial charge in [0.1, 0.15) is 11.6 Å². The van der Waals surface area contributed by atoms with Gasteiger partial charge in [0.15, 0.2) is 5.11 Å². The predicted molar refractivity (Wildman–Crippen MR) is 135 cm³/mol. The largest absolute Gasteiger partial charge is 0.362 e. The summed E-state index contributed by atoms with van der Waals surface area (Å²) in [7, 11) is 0. The van der Waals surface area contributed by atoms with Crippen LogP contribution in [0.5, 0.6) is 0 Å². The lowest BCUT2D eigenvalue weighted by atomic mass is 9.69. The van der Waals surface area contributed by atoms with Crippen LogP contribution in [0.15, 0.2) is 42.6 Å². The van der Waals surface area contributed by atoms with Crippen LogP contribution in [0.3, 0.4) is 0 Å². The molecule has 1 saturated heterocycles. The summed E-state index contributed by atoms with van der Waals surface area (Å²) in [5, 5.41) is 7.32. The number of nitrogens with one attached hydrogen (secondary N) is 2. The molecule has 0 bridgehead atoms. The Kier molecular flexibility index (Phi) is 7.29. The molecular formula is C26H35FN4S. The van der Waals surface area contributed by atoms with E-state index in [4.69, 9.17) is 12.2 Å². The maximum Gasteiger partial charge on any atom is 0.170 e. The molecule has 1 aliphatic carbocycles. The van der Waals surface area contributed by atoms with Gasteiger partial charge in [0.25, 0.3) is 0 Å². The Morgan fingerprint density at radius 2 is 1.75 bits per heavy atom. The molecule has 2 aliphatic rings. The highest BCUT2D eigenvalue weighted by molar-refractivity contribution is 7.80. The lowest BCUT2D eigenvalue weighted by Gasteiger charge is -2.38. The fraction of sp³-hybridized carbons (Fsp3) is 0.538. The minimum atomic E-state index is -0.186. The van der Waals surface area contributed by atoms with Gasteiger partial charge in [-0.1, -0.05) is 45.2 Å². The molecule has 2 atom stereocenters. The summed E-state index contributed by atoms with van der Waals surface area (Å²) >= 11 is 5.59. The van der Waals surface area contributed by atoms with E-state index in [0.29, 0.717) is 16.9 Å². The molecule has 1 aromatic carbocycles. The Morgan fingerprint density at radius 3 is 2.38 bits per heavy atom. The minimum Gasteiger partial charge on any atom is -0.362 e. The van der Waals surface area contributed by atoms with Crippen molar-refractivity contribution in [2.45, 2.75) is 57.8 Å². The first-order chi connectivity index (χ1) is 15.4. The molecule has 0 amide bonds. The molecule has 2 aromatic rings. The Balaban J connectivity index is 1.36. The zero-order valence-electron chi connectivity index (χ0n) is 19.2. The summed E-state index contributed by atoms with van der Waals surface area (Å²) in [6, 6.07) is 11.1. The van der Waals surface area contributed by atoms with E-state index in [-0.39, 0.29) is 11.2 Å². The molecule has 6 heteroatoms. The highest BCUT2D eigenvalue weighted by Gasteiger charge is 2.34. The van der Waals surface area contributed by atoms with E-state index >= 15 is 0 Å². The molecular weight excluding hydrogens is 419 g/mol. The maximum absolute atomic E-state index is 13.5. The van der Waals surface area contributed by atoms with Crippen molar-refractivity contribution in [3.63, 3.8) is 0 Å². The number of hydrogen-bond donors (Lipinski definition) is 2. The molecule has 172 valence electrons. The van der Waals surface area contributed by atoms with Crippen LogP contribution in [0.2, 0.25) is 0 Å². The number of aromatic nitrogens is 1. The van der Waals surface area contributed by atoms with Crippen molar-refractivity contribution in [1.29, 1.82) is 0 Å². The van der Waals surface area contributed by atoms with Crippen LogP contribution in [0.1, 0.15) is 57.9 Å². The fourth-order valence-corrected chi connectivity index (χ4v) is 5.71. The van der Waals surface area contributed by atoms with Gasteiger partial charge >= 0.3 is 0 Å². The number of thiocarbonyl (C=S) groups is 1. The van der Waals surface area contributed by atoms with Crippen molar-refractivity contribution in [1.82, 2.24) is 10.3 Å². The van der Waals surface area contributed by atoms with Crippen molar-refractivity contribution < 1.29 is 4.39 Å². The number of anilines is 2. The second kappa shape index (κ2) is 10.2. The van der Waals surface area contributed by atoms with Crippen molar-refractivity contribution >= 4 is 28.8 Å². The van der Waals surface area contributed by atoms with E-state index in [9.17, 15) is 4.39 Å². The summed E-state index contributed by atoms with van der Waals surface area (Å²) in [4.78, 5) is 7.07. The number of halogens is 1. The Bertz CT molecular complexity index is 883. The molecule has 2 heterocycles. The number of pyridine rings is 1. The SMILES string of the molecule is C[C@H]1C[C@H](C)CN(c2ccc(NC(=S)NCC3(c4ccc(F)cc4)CCCCC3)cn2)C1. The van der Waals surface area contributed by atoms with Gasteiger partial charge in [-0.15, -0.1) is 0 Å². The summed E-state index contributed by atoms with van der Waals surface area (Å²) in [5.41, 5.74) is 2.09. The van der Waals surface area contributed by atoms with Crippen LogP contribution in [-0.4, -0.2) is 29.7 Å². The zero-order chi connectivity index (χ0) is 22.6. The lowest BCUT2D eigenvalue weighted by Crippen LogP contribution is -2.43. The maximum atomic E-state index is 13.5. The average Bonchev–Trinajstić information content (AvgIpc) is 2.79. The van der Waals surface area contributed by atoms with Crippen LogP contribution in [0.25, 0.3) is 0 Å². The molecule has 1 aromatic heterocycles. The number of nitrogens with zero attached hydrogens (tertiary/aromatic N) is 2. The molecule has 2 fully saturated rings. The number of hydrogen-bond acceptors (Lipinski definition) is 3. The minimum absolute atomic E-state index is 0.00143. The predicted octanol–water partition coefficient (Wildman–Crippen LogP) is 5.89. The number of benzene rings is 1. The lowest BCUT2D eigenvalue weighted by molar-refractivity contribution is 0.292. The van der Waals surface area contributed by atoms with Crippen molar-refractivity contribution in [2.24, 2.45) is 11.8 Å². The van der Waals surface area contributed by atoms with Crippen LogP contribution < -0.4 is 15.5 Å². The monoisotopic (exact) mass is 454 g/mol. The van der Waals surface area contributed by atoms with Gasteiger partial charge in [-0.2, -0.15) is 0 Å². The van der Waals surface area contributed by atoms with E-state index in [1.165, 1.54) is 31.2 Å². The third-order valence-electron chi connectivity index (χ3n) is 7.05. The average molecular weight is 455 g/mol. The first kappa shape index (κ1) is 23.0. The summed E-state index contributed by atoms with van der Waals surface area (Å²) in [6.45, 7) is 7.51. The molecule has 0 unspecified atom stereocenters. The molecule has 0 spiro atoms. The first-order valence-corrected chi connectivity index (χ1v) is 12.4. The van der Waals surface area contributed by atoms with Gasteiger partial charge < -0.3 is 15.5 Å². The van der Waals surface area contributed by atoms with Gasteiger partial charge in [-0.25, -0.2) is 9.37 Å². The van der Waals surface area contributed by atoms with E-state index < -0.39 is 0 Å². The van der Waals surface area contributed by atoms with Gasteiger partial charge in [0.2, 0.25) is 0 Å². The third kappa shape index (κ3) is 5.58. The Hall–Kier alpha value is -2.21. The van der Waals surface area contributed by atoms with E-state index in [1.54, 1.807) is 12.1 Å². The topological polar surface area (TPSA) is 40.2 Å². The Labute approximate surface area is 197 Å². The van der Waals surface area contributed by atoms with Crippen molar-refractivity contribution in [2.75, 3.05) is 29.9 Å². The van der Waals surface area contributed by atoms with Crippen LogP contribution in [-0.2, 0) is 5.41 Å². The molecule has 32 heavy (non-hydrogen) atoms. The second-order valence-electron chi connectivity index (χ2n) is 9.91. The van der Waals surface area contributed by atoms with Crippen LogP contribution >= 0.6 is 12.2 Å². The number of piperidine rings is 1. The first-order valence-electron chi connectivity index (χ1n) is 12.0. The molecule has 4 nitrogen and oxygen atoms in total. The van der Waals surface area contributed by atoms with Gasteiger partial charge in [0, 0.05) is 25.0 Å². The zero-order valence-corrected chi connectivity index (χ0v) is 20.1. The summed E-state index contributed by atoms with van der Waals surface area (Å²) < 4.78 is 13.5. The third-order valence-corrected chi connectivity index (χ3v) is 7.30. The summed E-state index contributed by atoms with van der Waals surface area (Å²) in [6.07, 6.45) is 8.99. The molecule has 1 aliphatic heterocycles. The standard InChI is InChI=1S/C26H35FN4S/c1-19-14-20(2)17-31(16-19)24-11-10-23(15-28-24)30-25(32)29-18-26(12-4-3-5-13-26)21-6-8-22(27)9-7-21/h6-11,15,19-20H,3-5,12-14,16-18H2,1-2H3,(H2,29,30,32)/t19-,20-/m0/s1. The van der Waals surface area contributed by atoms with Crippen molar-refractivity contribution in [3.05, 3.63) is 54.0 Å². The van der Waals surface area contributed by atoms with Gasteiger partial charge in [-0.3, -0.25) is 0 Å². The Morgan fingerprint density at radius 1 is 1.06 bits per heavy atom. The highest BCUT2D eigenvalue weighted by Crippen LogP contribution is 2.39. The van der Waals surface area contributed by atoms with Gasteiger partial charge in [-0.05, 0) is 73.1 Å².